The van der Waals surface area contributed by atoms with Crippen LogP contribution in [0.2, 0.25) is 0 Å². The highest BCUT2D eigenvalue weighted by molar-refractivity contribution is 7.98. The van der Waals surface area contributed by atoms with Gasteiger partial charge < -0.3 is 10.1 Å². The van der Waals surface area contributed by atoms with Gasteiger partial charge >= 0.3 is 0 Å². The molecule has 1 aromatic carbocycles. The van der Waals surface area contributed by atoms with E-state index in [1.807, 2.05) is 35.2 Å². The Morgan fingerprint density at radius 1 is 1.44 bits per heavy atom. The molecule has 27 heavy (non-hydrogen) atoms. The summed E-state index contributed by atoms with van der Waals surface area (Å²) in [4.78, 5) is 20.4. The second-order valence-corrected chi connectivity index (χ2v) is 8.86. The number of thioether (sulfide) groups is 1. The number of aromatic nitrogens is 1. The molecule has 1 N–H and O–H groups in total. The lowest BCUT2D eigenvalue weighted by atomic mass is 10.1. The van der Waals surface area contributed by atoms with E-state index in [0.717, 1.165) is 42.6 Å². The van der Waals surface area contributed by atoms with Crippen LogP contribution in [0.15, 0.2) is 40.1 Å². The average Bonchev–Trinajstić information content (AvgIpc) is 3.18. The van der Waals surface area contributed by atoms with Gasteiger partial charge in [-0.25, -0.2) is 4.98 Å². The third kappa shape index (κ3) is 6.31. The maximum absolute atomic E-state index is 12.7. The van der Waals surface area contributed by atoms with Crippen molar-refractivity contribution in [3.05, 3.63) is 46.4 Å². The van der Waals surface area contributed by atoms with Crippen LogP contribution in [0.1, 0.15) is 29.9 Å². The molecule has 1 saturated heterocycles. The van der Waals surface area contributed by atoms with Crippen LogP contribution >= 0.6 is 23.1 Å². The molecule has 0 spiro atoms. The normalized spacial score (nSPS) is 18.0. The lowest BCUT2D eigenvalue weighted by Gasteiger charge is -2.34. The molecule has 2 aromatic rings. The summed E-state index contributed by atoms with van der Waals surface area (Å²) < 4.78 is 5.83. The number of rotatable bonds is 8. The van der Waals surface area contributed by atoms with Crippen LogP contribution in [-0.4, -0.2) is 54.7 Å². The van der Waals surface area contributed by atoms with Crippen molar-refractivity contribution < 1.29 is 9.53 Å². The highest BCUT2D eigenvalue weighted by Gasteiger charge is 2.22. The van der Waals surface area contributed by atoms with Crippen molar-refractivity contribution in [2.45, 2.75) is 30.6 Å². The van der Waals surface area contributed by atoms with Crippen molar-refractivity contribution in [1.82, 2.24) is 15.2 Å². The van der Waals surface area contributed by atoms with Crippen molar-refractivity contribution in [3.8, 4) is 0 Å². The molecule has 1 aliphatic heterocycles. The zero-order valence-electron chi connectivity index (χ0n) is 15.9. The molecule has 1 fully saturated rings. The number of morpholine rings is 1. The number of ether oxygens (including phenoxy) is 1. The molecule has 3 rings (SSSR count). The molecular formula is C20H27N3O2S2. The lowest BCUT2D eigenvalue weighted by molar-refractivity contribution is -0.0295. The summed E-state index contributed by atoms with van der Waals surface area (Å²) >= 11 is 3.24. The van der Waals surface area contributed by atoms with E-state index >= 15 is 0 Å². The number of benzene rings is 1. The number of amides is 1. The predicted molar refractivity (Wildman–Crippen MR) is 111 cm³/mol. The minimum atomic E-state index is -0.0408. The maximum Gasteiger partial charge on any atom is 0.252 e. The standard InChI is InChI=1S/C20H27N3O2S2/c1-15(2)10-23-7-8-25-17(11-23)9-21-20(24)18-5-3-4-6-19(18)27-13-16-12-26-14-22-16/h3-6,12,14-15,17H,7-11,13H2,1-2H3,(H,21,24). The zero-order chi connectivity index (χ0) is 19.1. The van der Waals surface area contributed by atoms with E-state index in [2.05, 4.69) is 29.0 Å². The fourth-order valence-corrected chi connectivity index (χ4v) is 4.74. The number of hydrogen-bond acceptors (Lipinski definition) is 6. The number of nitrogens with zero attached hydrogens (tertiary/aromatic N) is 2. The first kappa shape index (κ1) is 20.3. The summed E-state index contributed by atoms with van der Waals surface area (Å²) in [5.41, 5.74) is 3.59. The monoisotopic (exact) mass is 405 g/mol. The Morgan fingerprint density at radius 2 is 2.30 bits per heavy atom. The van der Waals surface area contributed by atoms with Gasteiger partial charge in [-0.1, -0.05) is 26.0 Å². The molecule has 1 aliphatic rings. The van der Waals surface area contributed by atoms with Crippen LogP contribution in [0, 0.1) is 5.92 Å². The Labute approximate surface area is 169 Å². The maximum atomic E-state index is 12.7. The minimum Gasteiger partial charge on any atom is -0.374 e. The van der Waals surface area contributed by atoms with Crippen LogP contribution in [0.3, 0.4) is 0 Å². The topological polar surface area (TPSA) is 54.5 Å². The van der Waals surface area contributed by atoms with Crippen molar-refractivity contribution >= 4 is 29.0 Å². The molecule has 146 valence electrons. The van der Waals surface area contributed by atoms with Gasteiger partial charge in [-0.05, 0) is 18.1 Å². The Morgan fingerprint density at radius 3 is 3.07 bits per heavy atom. The fourth-order valence-electron chi connectivity index (χ4n) is 3.13. The molecular weight excluding hydrogens is 378 g/mol. The molecule has 1 unspecified atom stereocenters. The number of nitrogens with one attached hydrogen (secondary N) is 1. The second-order valence-electron chi connectivity index (χ2n) is 7.12. The molecule has 0 aliphatic carbocycles. The average molecular weight is 406 g/mol. The number of carbonyl (C=O) groups excluding carboxylic acids is 1. The van der Waals surface area contributed by atoms with Gasteiger partial charge in [0.1, 0.15) is 0 Å². The number of hydrogen-bond donors (Lipinski definition) is 1. The molecule has 0 radical (unpaired) electrons. The molecule has 0 saturated carbocycles. The van der Waals surface area contributed by atoms with Crippen molar-refractivity contribution in [2.24, 2.45) is 5.92 Å². The van der Waals surface area contributed by atoms with Gasteiger partial charge in [0.05, 0.1) is 29.5 Å². The number of thiazole rings is 1. The van der Waals surface area contributed by atoms with E-state index in [-0.39, 0.29) is 12.0 Å². The summed E-state index contributed by atoms with van der Waals surface area (Å²) in [5, 5.41) is 5.10. The molecule has 5 nitrogen and oxygen atoms in total. The minimum absolute atomic E-state index is 0.0408. The molecule has 2 heterocycles. The summed E-state index contributed by atoms with van der Waals surface area (Å²) in [6.45, 7) is 8.64. The van der Waals surface area contributed by atoms with Crippen LogP contribution in [0.5, 0.6) is 0 Å². The first-order valence-corrected chi connectivity index (χ1v) is 11.3. The van der Waals surface area contributed by atoms with E-state index in [1.165, 1.54) is 0 Å². The second kappa shape index (κ2) is 10.2. The van der Waals surface area contributed by atoms with E-state index in [1.54, 1.807) is 23.1 Å². The fraction of sp³-hybridized carbons (Fsp3) is 0.500. The quantitative estimate of drug-likeness (QED) is 0.681. The predicted octanol–water partition coefficient (Wildman–Crippen LogP) is 3.52. The van der Waals surface area contributed by atoms with Crippen molar-refractivity contribution in [2.75, 3.05) is 32.8 Å². The summed E-state index contributed by atoms with van der Waals surface area (Å²) in [6, 6.07) is 7.75. The Kier molecular flexibility index (Phi) is 7.70. The third-order valence-electron chi connectivity index (χ3n) is 4.33. The summed E-state index contributed by atoms with van der Waals surface area (Å²) in [5.74, 6) is 1.37. The van der Waals surface area contributed by atoms with E-state index < -0.39 is 0 Å². The summed E-state index contributed by atoms with van der Waals surface area (Å²) in [7, 11) is 0. The molecule has 1 aromatic heterocycles. The molecule has 1 amide bonds. The number of carbonyl (C=O) groups is 1. The Hall–Kier alpha value is -1.41. The van der Waals surface area contributed by atoms with Gasteiger partial charge in [0.15, 0.2) is 0 Å². The highest BCUT2D eigenvalue weighted by Crippen LogP contribution is 2.26. The van der Waals surface area contributed by atoms with Crippen LogP contribution in [0.4, 0.5) is 0 Å². The molecule has 0 bridgehead atoms. The van der Waals surface area contributed by atoms with Crippen molar-refractivity contribution in [3.63, 3.8) is 0 Å². The largest absolute Gasteiger partial charge is 0.374 e. The molecule has 1 atom stereocenters. The van der Waals surface area contributed by atoms with Crippen LogP contribution in [-0.2, 0) is 10.5 Å². The Balaban J connectivity index is 1.53. The van der Waals surface area contributed by atoms with E-state index in [0.29, 0.717) is 18.0 Å². The smallest absolute Gasteiger partial charge is 0.252 e. The Bertz CT molecular complexity index is 722. The SMILES string of the molecule is CC(C)CN1CCOC(CNC(=O)c2ccccc2SCc2cscn2)C1. The first-order chi connectivity index (χ1) is 13.1. The first-order valence-electron chi connectivity index (χ1n) is 9.33. The zero-order valence-corrected chi connectivity index (χ0v) is 17.5. The van der Waals surface area contributed by atoms with E-state index in [4.69, 9.17) is 4.74 Å². The summed E-state index contributed by atoms with van der Waals surface area (Å²) in [6.07, 6.45) is 0.0521. The van der Waals surface area contributed by atoms with Gasteiger partial charge in [-0.3, -0.25) is 9.69 Å². The van der Waals surface area contributed by atoms with E-state index in [9.17, 15) is 4.79 Å². The van der Waals surface area contributed by atoms with Crippen LogP contribution in [0.25, 0.3) is 0 Å². The van der Waals surface area contributed by atoms with Gasteiger partial charge in [0, 0.05) is 42.2 Å². The lowest BCUT2D eigenvalue weighted by Crippen LogP contribution is -2.48. The molecule has 7 heteroatoms. The van der Waals surface area contributed by atoms with Gasteiger partial charge in [0.2, 0.25) is 0 Å². The highest BCUT2D eigenvalue weighted by atomic mass is 32.2. The van der Waals surface area contributed by atoms with Gasteiger partial charge in [-0.2, -0.15) is 0 Å². The third-order valence-corrected chi connectivity index (χ3v) is 6.07. The van der Waals surface area contributed by atoms with Gasteiger partial charge in [0.25, 0.3) is 5.91 Å². The van der Waals surface area contributed by atoms with Crippen molar-refractivity contribution in [1.29, 1.82) is 0 Å². The van der Waals surface area contributed by atoms with Gasteiger partial charge in [-0.15, -0.1) is 23.1 Å². The van der Waals surface area contributed by atoms with Crippen LogP contribution < -0.4 is 5.32 Å².